The lowest BCUT2D eigenvalue weighted by Crippen LogP contribution is -2.42. The molecule has 1 amide bonds. The van der Waals surface area contributed by atoms with Crippen molar-refractivity contribution in [3.63, 3.8) is 0 Å². The fourth-order valence-electron chi connectivity index (χ4n) is 4.85. The average molecular weight is 423 g/mol. The third-order valence-corrected chi connectivity index (χ3v) is 6.85. The standard InChI is InChI=1S/C21H25N7O3/c1-14-17(12-31-19(14)29)27-9-8-21(20(27)30)6-4-16(5-7-21)22-10-15-2-3-18(23-11-15)28-13-24-25-26-28/h2-3,11,13,16,22H,4-10,12H2,1H3. The molecule has 31 heavy (non-hydrogen) atoms. The van der Waals surface area contributed by atoms with Gasteiger partial charge < -0.3 is 15.0 Å². The van der Waals surface area contributed by atoms with Crippen molar-refractivity contribution >= 4 is 11.9 Å². The van der Waals surface area contributed by atoms with E-state index in [1.165, 1.54) is 11.0 Å². The molecule has 10 nitrogen and oxygen atoms in total. The third-order valence-electron chi connectivity index (χ3n) is 6.85. The maximum absolute atomic E-state index is 13.2. The number of rotatable bonds is 5. The molecule has 0 atom stereocenters. The zero-order valence-electron chi connectivity index (χ0n) is 17.5. The molecule has 0 radical (unpaired) electrons. The molecule has 1 saturated carbocycles. The van der Waals surface area contributed by atoms with Crippen LogP contribution in [0.3, 0.4) is 0 Å². The maximum atomic E-state index is 13.2. The number of tetrazole rings is 1. The Bertz CT molecular complexity index is 1010. The Morgan fingerprint density at radius 2 is 2.06 bits per heavy atom. The van der Waals surface area contributed by atoms with E-state index in [2.05, 4.69) is 25.8 Å². The van der Waals surface area contributed by atoms with Gasteiger partial charge >= 0.3 is 5.97 Å². The minimum atomic E-state index is -0.308. The van der Waals surface area contributed by atoms with Gasteiger partial charge in [-0.25, -0.2) is 9.78 Å². The first-order valence-electron chi connectivity index (χ1n) is 10.7. The summed E-state index contributed by atoms with van der Waals surface area (Å²) in [6.45, 7) is 3.37. The van der Waals surface area contributed by atoms with E-state index in [4.69, 9.17) is 4.74 Å². The van der Waals surface area contributed by atoms with Crippen molar-refractivity contribution < 1.29 is 14.3 Å². The number of aromatic nitrogens is 5. The normalized spacial score (nSPS) is 26.2. The highest BCUT2D eigenvalue weighted by molar-refractivity contribution is 5.94. The molecule has 1 saturated heterocycles. The largest absolute Gasteiger partial charge is 0.456 e. The van der Waals surface area contributed by atoms with E-state index in [1.54, 1.807) is 11.8 Å². The van der Waals surface area contributed by atoms with Crippen LogP contribution in [0.1, 0.15) is 44.6 Å². The predicted molar refractivity (Wildman–Crippen MR) is 108 cm³/mol. The second-order valence-electron chi connectivity index (χ2n) is 8.57. The molecule has 1 N–H and O–H groups in total. The number of likely N-dealkylation sites (tertiary alicyclic amines) is 1. The van der Waals surface area contributed by atoms with Gasteiger partial charge in [0.15, 0.2) is 5.82 Å². The SMILES string of the molecule is CC1=C(N2CCC3(CCC(NCc4ccc(-n5cnnn5)nc4)CC3)C2=O)COC1=O. The Morgan fingerprint density at radius 1 is 1.23 bits per heavy atom. The molecule has 162 valence electrons. The van der Waals surface area contributed by atoms with E-state index in [0.29, 0.717) is 24.0 Å². The van der Waals surface area contributed by atoms with E-state index < -0.39 is 0 Å². The number of esters is 1. The number of nitrogens with one attached hydrogen (secondary N) is 1. The molecule has 0 aromatic carbocycles. The van der Waals surface area contributed by atoms with Gasteiger partial charge in [0.2, 0.25) is 5.91 Å². The van der Waals surface area contributed by atoms with Gasteiger partial charge in [-0.05, 0) is 61.1 Å². The Balaban J connectivity index is 1.15. The highest BCUT2D eigenvalue weighted by Gasteiger charge is 2.50. The van der Waals surface area contributed by atoms with Crippen LogP contribution in [0.15, 0.2) is 35.9 Å². The number of ether oxygens (including phenoxy) is 1. The highest BCUT2D eigenvalue weighted by Crippen LogP contribution is 2.46. The van der Waals surface area contributed by atoms with Crippen LogP contribution in [0, 0.1) is 5.41 Å². The molecular weight excluding hydrogens is 398 g/mol. The van der Waals surface area contributed by atoms with E-state index in [1.807, 2.05) is 18.3 Å². The van der Waals surface area contributed by atoms with Crippen LogP contribution in [-0.2, 0) is 20.9 Å². The number of hydrogen-bond acceptors (Lipinski definition) is 8. The molecule has 2 aliphatic heterocycles. The van der Waals surface area contributed by atoms with Gasteiger partial charge in [0.1, 0.15) is 12.9 Å². The van der Waals surface area contributed by atoms with Crippen LogP contribution in [0.25, 0.3) is 5.82 Å². The van der Waals surface area contributed by atoms with Crippen LogP contribution in [0.2, 0.25) is 0 Å². The summed E-state index contributed by atoms with van der Waals surface area (Å²) >= 11 is 0. The fraction of sp³-hybridized carbons (Fsp3) is 0.524. The number of nitrogens with zero attached hydrogens (tertiary/aromatic N) is 6. The molecule has 2 aromatic rings. The summed E-state index contributed by atoms with van der Waals surface area (Å²) in [5, 5.41) is 14.7. The molecule has 5 rings (SSSR count). The van der Waals surface area contributed by atoms with Gasteiger partial charge in [0, 0.05) is 25.3 Å². The Hall–Kier alpha value is -3.14. The summed E-state index contributed by atoms with van der Waals surface area (Å²) < 4.78 is 6.62. The van der Waals surface area contributed by atoms with E-state index in [9.17, 15) is 9.59 Å². The zero-order chi connectivity index (χ0) is 21.4. The first-order valence-corrected chi connectivity index (χ1v) is 10.7. The summed E-state index contributed by atoms with van der Waals surface area (Å²) in [6.07, 6.45) is 7.86. The summed E-state index contributed by atoms with van der Waals surface area (Å²) in [6, 6.07) is 4.29. The van der Waals surface area contributed by atoms with Crippen LogP contribution in [0.4, 0.5) is 0 Å². The molecule has 10 heteroatoms. The second kappa shape index (κ2) is 7.84. The van der Waals surface area contributed by atoms with Gasteiger partial charge in [-0.1, -0.05) is 6.07 Å². The Kier molecular flexibility index (Phi) is 5.01. The maximum Gasteiger partial charge on any atom is 0.336 e. The Labute approximate surface area is 179 Å². The average Bonchev–Trinajstić information content (AvgIpc) is 3.51. The van der Waals surface area contributed by atoms with Crippen molar-refractivity contribution in [2.24, 2.45) is 5.41 Å². The first kappa shape index (κ1) is 19.8. The van der Waals surface area contributed by atoms with E-state index in [-0.39, 0.29) is 23.9 Å². The summed E-state index contributed by atoms with van der Waals surface area (Å²) in [5.74, 6) is 0.537. The quantitative estimate of drug-likeness (QED) is 0.712. The number of cyclic esters (lactones) is 1. The molecule has 1 aliphatic carbocycles. The molecular formula is C21H25N7O3. The highest BCUT2D eigenvalue weighted by atomic mass is 16.5. The van der Waals surface area contributed by atoms with Crippen molar-refractivity contribution in [2.75, 3.05) is 13.2 Å². The third kappa shape index (κ3) is 3.60. The number of amides is 1. The molecule has 3 aliphatic rings. The lowest BCUT2D eigenvalue weighted by Gasteiger charge is -2.36. The summed E-state index contributed by atoms with van der Waals surface area (Å²) in [4.78, 5) is 31.1. The topological polar surface area (TPSA) is 115 Å². The van der Waals surface area contributed by atoms with Crippen molar-refractivity contribution in [1.29, 1.82) is 0 Å². The predicted octanol–water partition coefficient (Wildman–Crippen LogP) is 1.14. The van der Waals surface area contributed by atoms with Crippen molar-refractivity contribution in [3.05, 3.63) is 41.5 Å². The van der Waals surface area contributed by atoms with E-state index in [0.717, 1.165) is 49.9 Å². The van der Waals surface area contributed by atoms with Gasteiger partial charge in [-0.15, -0.1) is 5.10 Å². The molecule has 2 fully saturated rings. The molecule has 1 spiro atoms. The van der Waals surface area contributed by atoms with Crippen molar-refractivity contribution in [1.82, 2.24) is 35.4 Å². The smallest absolute Gasteiger partial charge is 0.336 e. The number of carbonyl (C=O) groups excluding carboxylic acids is 2. The van der Waals surface area contributed by atoms with Gasteiger partial charge in [-0.3, -0.25) is 4.79 Å². The zero-order valence-corrected chi connectivity index (χ0v) is 17.5. The minimum absolute atomic E-state index is 0.168. The summed E-state index contributed by atoms with van der Waals surface area (Å²) in [5.41, 5.74) is 2.13. The van der Waals surface area contributed by atoms with Crippen LogP contribution in [0.5, 0.6) is 0 Å². The Morgan fingerprint density at radius 3 is 2.71 bits per heavy atom. The van der Waals surface area contributed by atoms with Crippen LogP contribution < -0.4 is 5.32 Å². The van der Waals surface area contributed by atoms with Crippen molar-refractivity contribution in [3.8, 4) is 5.82 Å². The number of pyridine rings is 1. The molecule has 4 heterocycles. The number of hydrogen-bond donors (Lipinski definition) is 1. The molecule has 2 aromatic heterocycles. The second-order valence-corrected chi connectivity index (χ2v) is 8.57. The first-order chi connectivity index (χ1) is 15.1. The van der Waals surface area contributed by atoms with Crippen LogP contribution >= 0.6 is 0 Å². The van der Waals surface area contributed by atoms with E-state index >= 15 is 0 Å². The monoisotopic (exact) mass is 423 g/mol. The minimum Gasteiger partial charge on any atom is -0.456 e. The van der Waals surface area contributed by atoms with Gasteiger partial charge in [-0.2, -0.15) is 4.68 Å². The van der Waals surface area contributed by atoms with Gasteiger partial charge in [0.05, 0.1) is 16.7 Å². The van der Waals surface area contributed by atoms with Crippen molar-refractivity contribution in [2.45, 2.75) is 51.6 Å². The lowest BCUT2D eigenvalue weighted by atomic mass is 9.71. The number of carbonyl (C=O) groups is 2. The molecule has 0 unspecified atom stereocenters. The fourth-order valence-corrected chi connectivity index (χ4v) is 4.85. The summed E-state index contributed by atoms with van der Waals surface area (Å²) in [7, 11) is 0. The molecule has 0 bridgehead atoms. The van der Waals surface area contributed by atoms with Gasteiger partial charge in [0.25, 0.3) is 0 Å². The lowest BCUT2D eigenvalue weighted by molar-refractivity contribution is -0.138. The van der Waals surface area contributed by atoms with Crippen LogP contribution in [-0.4, -0.2) is 61.2 Å².